The summed E-state index contributed by atoms with van der Waals surface area (Å²) in [6.07, 6.45) is 3.47. The largest absolute Gasteiger partial charge is 0.325 e. The van der Waals surface area contributed by atoms with Crippen molar-refractivity contribution < 1.29 is 0 Å². The highest BCUT2D eigenvalue weighted by molar-refractivity contribution is 9.11. The fourth-order valence-corrected chi connectivity index (χ4v) is 0.371. The van der Waals surface area contributed by atoms with E-state index in [9.17, 15) is 0 Å². The Hall–Kier alpha value is -0.540. The van der Waals surface area contributed by atoms with Gasteiger partial charge in [-0.2, -0.15) is 0 Å². The lowest BCUT2D eigenvalue weighted by Gasteiger charge is -1.93. The highest BCUT2D eigenvalue weighted by Crippen LogP contribution is 2.02. The fraction of sp³-hybridized carbons (Fsp3) is 0. The minimum absolute atomic E-state index is 0.649. The maximum atomic E-state index is 5.01. The number of rotatable bonds is 3. The standard InChI is InChI=1S/C6H9BrN2/c1-5(7)3-4-6(2)9-8/h3-4,9H,1-2,8H2/b4-3-. The van der Waals surface area contributed by atoms with Crippen LogP contribution >= 0.6 is 15.9 Å². The van der Waals surface area contributed by atoms with Gasteiger partial charge in [0.05, 0.1) is 0 Å². The molecule has 9 heavy (non-hydrogen) atoms. The minimum Gasteiger partial charge on any atom is -0.325 e. The second kappa shape index (κ2) is 4.35. The number of hydrogen-bond acceptors (Lipinski definition) is 2. The van der Waals surface area contributed by atoms with E-state index in [-0.39, 0.29) is 0 Å². The van der Waals surface area contributed by atoms with Crippen LogP contribution in [0.4, 0.5) is 0 Å². The Labute approximate surface area is 63.2 Å². The van der Waals surface area contributed by atoms with Gasteiger partial charge in [-0.1, -0.05) is 29.1 Å². The molecule has 0 saturated heterocycles. The predicted octanol–water partition coefficient (Wildman–Crippen LogP) is 1.43. The van der Waals surface area contributed by atoms with Crippen LogP contribution in [0.3, 0.4) is 0 Å². The van der Waals surface area contributed by atoms with Crippen LogP contribution in [0, 0.1) is 0 Å². The molecule has 0 aliphatic rings. The molecule has 0 aromatic heterocycles. The maximum Gasteiger partial charge on any atom is 0.0413 e. The third kappa shape index (κ3) is 5.33. The first-order valence-electron chi connectivity index (χ1n) is 2.35. The van der Waals surface area contributed by atoms with Crippen molar-refractivity contribution in [2.45, 2.75) is 0 Å². The normalized spacial score (nSPS) is 9.56. The lowest BCUT2D eigenvalue weighted by Crippen LogP contribution is -2.18. The Balaban J connectivity index is 3.71. The molecule has 0 bridgehead atoms. The molecule has 0 radical (unpaired) electrons. The molecule has 0 rings (SSSR count). The predicted molar refractivity (Wildman–Crippen MR) is 43.7 cm³/mol. The van der Waals surface area contributed by atoms with Crippen LogP contribution in [0.15, 0.2) is 35.5 Å². The van der Waals surface area contributed by atoms with Gasteiger partial charge < -0.3 is 5.43 Å². The molecule has 0 spiro atoms. The van der Waals surface area contributed by atoms with Crippen LogP contribution in [0.5, 0.6) is 0 Å². The topological polar surface area (TPSA) is 38.0 Å². The van der Waals surface area contributed by atoms with Crippen LogP contribution < -0.4 is 11.3 Å². The fourth-order valence-electron chi connectivity index (χ4n) is 0.239. The third-order valence-corrected chi connectivity index (χ3v) is 0.915. The van der Waals surface area contributed by atoms with Gasteiger partial charge in [0.25, 0.3) is 0 Å². The SMILES string of the molecule is C=C(Br)/C=C\C(=C)NN. The monoisotopic (exact) mass is 188 g/mol. The Morgan fingerprint density at radius 1 is 1.44 bits per heavy atom. The Morgan fingerprint density at radius 3 is 2.33 bits per heavy atom. The number of allylic oxidation sites excluding steroid dienone is 3. The van der Waals surface area contributed by atoms with E-state index in [1.807, 2.05) is 0 Å². The summed E-state index contributed by atoms with van der Waals surface area (Å²) in [6, 6.07) is 0. The van der Waals surface area contributed by atoms with Crippen LogP contribution in [0.1, 0.15) is 0 Å². The molecule has 2 nitrogen and oxygen atoms in total. The van der Waals surface area contributed by atoms with E-state index in [0.29, 0.717) is 5.70 Å². The summed E-state index contributed by atoms with van der Waals surface area (Å²) in [5.41, 5.74) is 3.03. The molecular weight excluding hydrogens is 180 g/mol. The molecule has 0 unspecified atom stereocenters. The summed E-state index contributed by atoms with van der Waals surface area (Å²) in [7, 11) is 0. The number of nitrogens with one attached hydrogen (secondary N) is 1. The van der Waals surface area contributed by atoms with Gasteiger partial charge in [-0.05, 0) is 12.2 Å². The molecule has 0 amide bonds. The number of hydrogen-bond donors (Lipinski definition) is 2. The average molecular weight is 189 g/mol. The van der Waals surface area contributed by atoms with Crippen molar-refractivity contribution in [3.05, 3.63) is 35.5 Å². The van der Waals surface area contributed by atoms with Gasteiger partial charge in [0.15, 0.2) is 0 Å². The molecule has 3 N–H and O–H groups in total. The lowest BCUT2D eigenvalue weighted by molar-refractivity contribution is 0.922. The highest BCUT2D eigenvalue weighted by Gasteiger charge is 1.79. The Bertz CT molecular complexity index is 149. The van der Waals surface area contributed by atoms with E-state index < -0.39 is 0 Å². The molecule has 0 aromatic carbocycles. The van der Waals surface area contributed by atoms with E-state index in [0.717, 1.165) is 4.48 Å². The van der Waals surface area contributed by atoms with Gasteiger partial charge in [-0.25, -0.2) is 0 Å². The third-order valence-electron chi connectivity index (χ3n) is 0.651. The van der Waals surface area contributed by atoms with Crippen molar-refractivity contribution in [2.75, 3.05) is 0 Å². The number of halogens is 1. The Morgan fingerprint density at radius 2 is 2.00 bits per heavy atom. The number of hydrazine groups is 1. The van der Waals surface area contributed by atoms with Crippen molar-refractivity contribution in [1.82, 2.24) is 5.43 Å². The van der Waals surface area contributed by atoms with Crippen molar-refractivity contribution in [3.63, 3.8) is 0 Å². The molecule has 0 saturated carbocycles. The molecule has 0 aliphatic carbocycles. The quantitative estimate of drug-likeness (QED) is 0.400. The second-order valence-corrected chi connectivity index (χ2v) is 2.47. The van der Waals surface area contributed by atoms with Crippen molar-refractivity contribution in [2.24, 2.45) is 5.84 Å². The van der Waals surface area contributed by atoms with E-state index >= 15 is 0 Å². The minimum atomic E-state index is 0.649. The molecule has 0 fully saturated rings. The molecule has 0 atom stereocenters. The van der Waals surface area contributed by atoms with Crippen molar-refractivity contribution >= 4 is 15.9 Å². The summed E-state index contributed by atoms with van der Waals surface area (Å²) >= 11 is 3.14. The summed E-state index contributed by atoms with van der Waals surface area (Å²) in [5, 5.41) is 0. The summed E-state index contributed by atoms with van der Waals surface area (Å²) in [4.78, 5) is 0. The zero-order valence-electron chi connectivity index (χ0n) is 5.02. The van der Waals surface area contributed by atoms with Crippen molar-refractivity contribution in [3.8, 4) is 0 Å². The van der Waals surface area contributed by atoms with Gasteiger partial charge in [-0.15, -0.1) is 0 Å². The molecule has 0 heterocycles. The van der Waals surface area contributed by atoms with Gasteiger partial charge in [0, 0.05) is 10.2 Å². The summed E-state index contributed by atoms with van der Waals surface area (Å²) < 4.78 is 0.791. The molecular formula is C6H9BrN2. The average Bonchev–Trinajstić information content (AvgIpc) is 1.83. The molecule has 0 aromatic rings. The van der Waals surface area contributed by atoms with E-state index in [1.54, 1.807) is 12.2 Å². The van der Waals surface area contributed by atoms with E-state index in [2.05, 4.69) is 34.5 Å². The maximum absolute atomic E-state index is 5.01. The van der Waals surface area contributed by atoms with Crippen LogP contribution in [0.25, 0.3) is 0 Å². The first-order chi connectivity index (χ1) is 4.16. The smallest absolute Gasteiger partial charge is 0.0413 e. The van der Waals surface area contributed by atoms with Gasteiger partial charge >= 0.3 is 0 Å². The summed E-state index contributed by atoms with van der Waals surface area (Å²) in [5.74, 6) is 5.01. The van der Waals surface area contributed by atoms with Gasteiger partial charge in [-0.3, -0.25) is 5.84 Å². The zero-order valence-corrected chi connectivity index (χ0v) is 6.61. The van der Waals surface area contributed by atoms with Crippen LogP contribution in [0.2, 0.25) is 0 Å². The summed E-state index contributed by atoms with van der Waals surface area (Å²) in [6.45, 7) is 7.14. The first-order valence-corrected chi connectivity index (χ1v) is 3.14. The van der Waals surface area contributed by atoms with Gasteiger partial charge in [0.1, 0.15) is 0 Å². The molecule has 3 heteroatoms. The van der Waals surface area contributed by atoms with Crippen LogP contribution in [-0.2, 0) is 0 Å². The first kappa shape index (κ1) is 8.46. The van der Waals surface area contributed by atoms with Crippen molar-refractivity contribution in [1.29, 1.82) is 0 Å². The van der Waals surface area contributed by atoms with E-state index in [1.165, 1.54) is 0 Å². The molecule has 50 valence electrons. The number of nitrogens with two attached hydrogens (primary N) is 1. The highest BCUT2D eigenvalue weighted by atomic mass is 79.9. The Kier molecular flexibility index (Phi) is 4.09. The van der Waals surface area contributed by atoms with E-state index in [4.69, 9.17) is 5.84 Å². The van der Waals surface area contributed by atoms with Gasteiger partial charge in [0.2, 0.25) is 0 Å². The molecule has 0 aliphatic heterocycles. The lowest BCUT2D eigenvalue weighted by atomic mass is 10.4. The second-order valence-electron chi connectivity index (χ2n) is 1.45. The zero-order chi connectivity index (χ0) is 7.28. The van der Waals surface area contributed by atoms with Crippen LogP contribution in [-0.4, -0.2) is 0 Å².